The van der Waals surface area contributed by atoms with Crippen LogP contribution in [0.4, 0.5) is 8.78 Å². The summed E-state index contributed by atoms with van der Waals surface area (Å²) in [5, 5.41) is 0. The fraction of sp³-hybridized carbons (Fsp3) is 0.500. The molecule has 1 atom stereocenters. The van der Waals surface area contributed by atoms with Gasteiger partial charge in [-0.15, -0.1) is 0 Å². The van der Waals surface area contributed by atoms with Crippen LogP contribution in [0.5, 0.6) is 0 Å². The van der Waals surface area contributed by atoms with Crippen molar-refractivity contribution in [3.05, 3.63) is 35.4 Å². The molecule has 0 saturated carbocycles. The number of nitrogens with two attached hydrogens (primary N) is 1. The zero-order valence-electron chi connectivity index (χ0n) is 9.35. The Balaban J connectivity index is 2.90. The summed E-state index contributed by atoms with van der Waals surface area (Å²) in [5.41, 5.74) is 6.10. The van der Waals surface area contributed by atoms with E-state index in [0.717, 1.165) is 12.1 Å². The first-order chi connectivity index (χ1) is 6.79. The molecule has 0 heterocycles. The fourth-order valence-corrected chi connectivity index (χ4v) is 1.57. The van der Waals surface area contributed by atoms with Crippen molar-refractivity contribution in [2.45, 2.75) is 33.2 Å². The highest BCUT2D eigenvalue weighted by Crippen LogP contribution is 2.29. The predicted molar refractivity (Wildman–Crippen MR) is 57.4 cm³/mol. The van der Waals surface area contributed by atoms with E-state index in [9.17, 15) is 8.78 Å². The number of hydrogen-bond acceptors (Lipinski definition) is 1. The normalized spacial score (nSPS) is 14.0. The lowest BCUT2D eigenvalue weighted by molar-refractivity contribution is 0.338. The first kappa shape index (κ1) is 12.1. The van der Waals surface area contributed by atoms with Gasteiger partial charge in [-0.3, -0.25) is 0 Å². The number of halogens is 2. The zero-order valence-corrected chi connectivity index (χ0v) is 9.35. The highest BCUT2D eigenvalue weighted by Gasteiger charge is 2.19. The highest BCUT2D eigenvalue weighted by molar-refractivity contribution is 5.22. The Morgan fingerprint density at radius 1 is 1.27 bits per heavy atom. The standard InChI is InChI=1S/C12H17F2N/c1-12(2,3)7-11(15)9-6-8(13)4-5-10(9)14/h4-6,11H,7,15H2,1-3H3. The molecule has 0 amide bonds. The van der Waals surface area contributed by atoms with Gasteiger partial charge in [0.2, 0.25) is 0 Å². The summed E-state index contributed by atoms with van der Waals surface area (Å²) in [4.78, 5) is 0. The van der Waals surface area contributed by atoms with Crippen LogP contribution in [-0.4, -0.2) is 0 Å². The van der Waals surface area contributed by atoms with E-state index >= 15 is 0 Å². The summed E-state index contributed by atoms with van der Waals surface area (Å²) < 4.78 is 26.3. The van der Waals surface area contributed by atoms with Gasteiger partial charge >= 0.3 is 0 Å². The third kappa shape index (κ3) is 3.59. The maximum Gasteiger partial charge on any atom is 0.128 e. The lowest BCUT2D eigenvalue weighted by Gasteiger charge is -2.23. The second-order valence-corrected chi connectivity index (χ2v) is 5.04. The van der Waals surface area contributed by atoms with Gasteiger partial charge in [-0.2, -0.15) is 0 Å². The summed E-state index contributed by atoms with van der Waals surface area (Å²) in [5.74, 6) is -0.885. The molecule has 84 valence electrons. The summed E-state index contributed by atoms with van der Waals surface area (Å²) in [7, 11) is 0. The lowest BCUT2D eigenvalue weighted by atomic mass is 9.86. The van der Waals surface area contributed by atoms with Crippen LogP contribution in [0.15, 0.2) is 18.2 Å². The van der Waals surface area contributed by atoms with Crippen LogP contribution in [-0.2, 0) is 0 Å². The van der Waals surface area contributed by atoms with Crippen molar-refractivity contribution in [2.75, 3.05) is 0 Å². The Hall–Kier alpha value is -0.960. The van der Waals surface area contributed by atoms with E-state index in [4.69, 9.17) is 5.73 Å². The summed E-state index contributed by atoms with van der Waals surface area (Å²) >= 11 is 0. The maximum atomic E-state index is 13.3. The van der Waals surface area contributed by atoms with Crippen LogP contribution >= 0.6 is 0 Å². The Bertz CT molecular complexity index is 342. The van der Waals surface area contributed by atoms with E-state index < -0.39 is 17.7 Å². The molecule has 1 unspecified atom stereocenters. The summed E-state index contributed by atoms with van der Waals surface area (Å²) in [6, 6.07) is 2.93. The molecule has 0 bridgehead atoms. The Morgan fingerprint density at radius 2 is 1.87 bits per heavy atom. The monoisotopic (exact) mass is 213 g/mol. The average molecular weight is 213 g/mol. The van der Waals surface area contributed by atoms with Gasteiger partial charge in [0, 0.05) is 11.6 Å². The van der Waals surface area contributed by atoms with Gasteiger partial charge in [-0.25, -0.2) is 8.78 Å². The molecular formula is C12H17F2N. The van der Waals surface area contributed by atoms with Crippen molar-refractivity contribution in [3.63, 3.8) is 0 Å². The third-order valence-electron chi connectivity index (χ3n) is 2.19. The third-order valence-corrected chi connectivity index (χ3v) is 2.19. The first-order valence-corrected chi connectivity index (χ1v) is 5.00. The fourth-order valence-electron chi connectivity index (χ4n) is 1.57. The van der Waals surface area contributed by atoms with Gasteiger partial charge in [-0.1, -0.05) is 20.8 Å². The van der Waals surface area contributed by atoms with Gasteiger partial charge in [0.15, 0.2) is 0 Å². The van der Waals surface area contributed by atoms with Gasteiger partial charge < -0.3 is 5.73 Å². The number of rotatable bonds is 2. The second kappa shape index (κ2) is 4.27. The maximum absolute atomic E-state index is 13.3. The van der Waals surface area contributed by atoms with Crippen LogP contribution in [0.25, 0.3) is 0 Å². The minimum atomic E-state index is -0.458. The van der Waals surface area contributed by atoms with Crippen LogP contribution in [0.3, 0.4) is 0 Å². The Morgan fingerprint density at radius 3 is 2.40 bits per heavy atom. The van der Waals surface area contributed by atoms with Crippen LogP contribution in [0.1, 0.15) is 38.8 Å². The second-order valence-electron chi connectivity index (χ2n) is 5.04. The molecule has 1 rings (SSSR count). The van der Waals surface area contributed by atoms with E-state index in [0.29, 0.717) is 6.42 Å². The quantitative estimate of drug-likeness (QED) is 0.800. The van der Waals surface area contributed by atoms with E-state index in [1.54, 1.807) is 0 Å². The van der Waals surface area contributed by atoms with Gasteiger partial charge in [-0.05, 0) is 30.0 Å². The largest absolute Gasteiger partial charge is 0.324 e. The highest BCUT2D eigenvalue weighted by atomic mass is 19.1. The van der Waals surface area contributed by atoms with Gasteiger partial charge in [0.1, 0.15) is 11.6 Å². The molecule has 0 radical (unpaired) electrons. The molecule has 0 fully saturated rings. The molecule has 0 spiro atoms. The SMILES string of the molecule is CC(C)(C)CC(N)c1cc(F)ccc1F. The van der Waals surface area contributed by atoms with Gasteiger partial charge in [0.05, 0.1) is 0 Å². The molecule has 15 heavy (non-hydrogen) atoms. The van der Waals surface area contributed by atoms with Crippen molar-refractivity contribution in [2.24, 2.45) is 11.1 Å². The molecule has 1 aromatic rings. The molecule has 0 aliphatic heterocycles. The molecule has 1 nitrogen and oxygen atoms in total. The number of benzene rings is 1. The van der Waals surface area contributed by atoms with Crippen molar-refractivity contribution >= 4 is 0 Å². The van der Waals surface area contributed by atoms with Crippen LogP contribution in [0, 0.1) is 17.0 Å². The van der Waals surface area contributed by atoms with E-state index in [2.05, 4.69) is 0 Å². The van der Waals surface area contributed by atoms with Crippen molar-refractivity contribution in [3.8, 4) is 0 Å². The molecule has 0 saturated heterocycles. The topological polar surface area (TPSA) is 26.0 Å². The van der Waals surface area contributed by atoms with E-state index in [-0.39, 0.29) is 11.0 Å². The predicted octanol–water partition coefficient (Wildman–Crippen LogP) is 3.40. The molecule has 0 aliphatic rings. The Kier molecular flexibility index (Phi) is 3.45. The lowest BCUT2D eigenvalue weighted by Crippen LogP contribution is -2.19. The molecule has 2 N–H and O–H groups in total. The smallest absolute Gasteiger partial charge is 0.128 e. The van der Waals surface area contributed by atoms with Crippen LogP contribution in [0.2, 0.25) is 0 Å². The molecular weight excluding hydrogens is 196 g/mol. The van der Waals surface area contributed by atoms with E-state index in [1.165, 1.54) is 6.07 Å². The van der Waals surface area contributed by atoms with Crippen LogP contribution < -0.4 is 5.73 Å². The van der Waals surface area contributed by atoms with Crippen molar-refractivity contribution < 1.29 is 8.78 Å². The van der Waals surface area contributed by atoms with Crippen molar-refractivity contribution in [1.29, 1.82) is 0 Å². The number of hydrogen-bond donors (Lipinski definition) is 1. The average Bonchev–Trinajstić information content (AvgIpc) is 2.06. The summed E-state index contributed by atoms with van der Waals surface area (Å²) in [6.45, 7) is 6.05. The van der Waals surface area contributed by atoms with Crippen molar-refractivity contribution in [1.82, 2.24) is 0 Å². The zero-order chi connectivity index (χ0) is 11.6. The minimum absolute atomic E-state index is 0.00181. The minimum Gasteiger partial charge on any atom is -0.324 e. The summed E-state index contributed by atoms with van der Waals surface area (Å²) in [6.07, 6.45) is 0.618. The van der Waals surface area contributed by atoms with E-state index in [1.807, 2.05) is 20.8 Å². The molecule has 1 aromatic carbocycles. The molecule has 0 aliphatic carbocycles. The van der Waals surface area contributed by atoms with Gasteiger partial charge in [0.25, 0.3) is 0 Å². The Labute approximate surface area is 89.3 Å². The first-order valence-electron chi connectivity index (χ1n) is 5.00. The molecule has 3 heteroatoms. The molecule has 0 aromatic heterocycles.